The van der Waals surface area contributed by atoms with Crippen LogP contribution in [0.5, 0.6) is 5.75 Å². The zero-order chi connectivity index (χ0) is 51.0. The Bertz CT molecular complexity index is 2340. The van der Waals surface area contributed by atoms with Crippen molar-refractivity contribution in [1.29, 1.82) is 0 Å². The maximum atomic E-state index is 14.8. The molecule has 1 heterocycles. The minimum atomic E-state index is -1.60. The molecule has 0 fully saturated rings. The molecule has 4 aromatic rings. The van der Waals surface area contributed by atoms with Gasteiger partial charge in [-0.2, -0.15) is 0 Å². The lowest BCUT2D eigenvalue weighted by Crippen LogP contribution is -2.61. The van der Waals surface area contributed by atoms with E-state index in [2.05, 4.69) is 31.9 Å². The van der Waals surface area contributed by atoms with Crippen LogP contribution in [0.25, 0.3) is 0 Å². The van der Waals surface area contributed by atoms with E-state index in [1.165, 1.54) is 7.11 Å². The number of nitrogens with one attached hydrogen (secondary N) is 6. The Morgan fingerprint density at radius 3 is 1.57 bits per heavy atom. The summed E-state index contributed by atoms with van der Waals surface area (Å²) < 4.78 is 11.0. The van der Waals surface area contributed by atoms with Crippen LogP contribution in [-0.2, 0) is 50.3 Å². The van der Waals surface area contributed by atoms with Crippen molar-refractivity contribution in [3.8, 4) is 5.75 Å². The van der Waals surface area contributed by atoms with Gasteiger partial charge in [0.15, 0.2) is 0 Å². The lowest BCUT2D eigenvalue weighted by Gasteiger charge is -2.37. The average Bonchev–Trinajstić information content (AvgIpc) is 3.33. The van der Waals surface area contributed by atoms with E-state index in [-0.39, 0.29) is 25.7 Å². The van der Waals surface area contributed by atoms with Gasteiger partial charge in [-0.25, -0.2) is 4.79 Å². The third kappa shape index (κ3) is 14.9. The molecule has 1 aliphatic rings. The number of allylic oxidation sites excluding steroid dienone is 1. The predicted octanol–water partition coefficient (Wildman–Crippen LogP) is 5.55. The number of carbonyl (C=O) groups is 7. The van der Waals surface area contributed by atoms with E-state index in [0.29, 0.717) is 11.3 Å². The number of hydrogen-bond donors (Lipinski definition) is 6. The number of hydrogen-bond acceptors (Lipinski definition) is 9. The molecule has 0 aromatic heterocycles. The Kier molecular flexibility index (Phi) is 19.0. The summed E-state index contributed by atoms with van der Waals surface area (Å²) in [5.74, 6) is -5.32. The van der Waals surface area contributed by atoms with Crippen molar-refractivity contribution in [2.45, 2.75) is 122 Å². The molecule has 5 rings (SSSR count). The standard InChI is InChI=1S/C55H68N6O9/c1-35(2)47-51(66)57-42(53(68)69-8)27-19-12-20-28-45(62)56-43(33-37-29-31-41(32-30-37)70-54(5,6)7)49(64)59-48(36(3)4)52(67)58-44(50(65)60-47)34-46(63)61-55(38-21-13-9-14-22-38,39-23-15-10-16-24-39)40-25-17-11-18-26-40/h9-19,21-26,29-32,35-36,42-44,47-48H,20,27-28,33-34H2,1-8H3,(H,56,62)(H,57,66)(H,58,67)(H,59,64)(H,60,65)(H,61,63)/b19-12+/t42-,43-,44-,47-,48-/m0/s1. The second kappa shape index (κ2) is 24.8. The summed E-state index contributed by atoms with van der Waals surface area (Å²) in [6.45, 7) is 12.6. The van der Waals surface area contributed by atoms with E-state index in [4.69, 9.17) is 9.47 Å². The van der Waals surface area contributed by atoms with E-state index in [0.717, 1.165) is 16.7 Å². The van der Waals surface area contributed by atoms with Gasteiger partial charge in [0.1, 0.15) is 47.1 Å². The summed E-state index contributed by atoms with van der Waals surface area (Å²) in [7, 11) is 1.19. The van der Waals surface area contributed by atoms with Crippen molar-refractivity contribution < 1.29 is 43.0 Å². The van der Waals surface area contributed by atoms with Crippen LogP contribution in [0.1, 0.15) is 96.4 Å². The Balaban J connectivity index is 1.55. The molecular weight excluding hydrogens is 889 g/mol. The van der Waals surface area contributed by atoms with Crippen molar-refractivity contribution in [3.63, 3.8) is 0 Å². The normalized spacial score (nSPS) is 20.7. The van der Waals surface area contributed by atoms with Crippen molar-refractivity contribution in [2.75, 3.05) is 7.11 Å². The first-order chi connectivity index (χ1) is 33.3. The van der Waals surface area contributed by atoms with Crippen molar-refractivity contribution in [3.05, 3.63) is 150 Å². The predicted molar refractivity (Wildman–Crippen MR) is 267 cm³/mol. The van der Waals surface area contributed by atoms with Crippen molar-refractivity contribution >= 4 is 41.4 Å². The third-order valence-electron chi connectivity index (χ3n) is 11.8. The van der Waals surface area contributed by atoms with Gasteiger partial charge in [-0.3, -0.25) is 28.8 Å². The highest BCUT2D eigenvalue weighted by atomic mass is 16.5. The highest BCUT2D eigenvalue weighted by Gasteiger charge is 2.40. The molecule has 4 aromatic carbocycles. The Morgan fingerprint density at radius 2 is 1.10 bits per heavy atom. The smallest absolute Gasteiger partial charge is 0.328 e. The molecule has 5 atom stereocenters. The number of ether oxygens (including phenoxy) is 2. The third-order valence-corrected chi connectivity index (χ3v) is 11.8. The summed E-state index contributed by atoms with van der Waals surface area (Å²) in [5, 5.41) is 17.1. The first-order valence-corrected chi connectivity index (χ1v) is 23.8. The Labute approximate surface area is 411 Å². The molecule has 0 bridgehead atoms. The Hall–Kier alpha value is -7.29. The number of methoxy groups -OCH3 is 1. The number of rotatable bonds is 12. The van der Waals surface area contributed by atoms with Gasteiger partial charge in [0.25, 0.3) is 0 Å². The molecule has 70 heavy (non-hydrogen) atoms. The van der Waals surface area contributed by atoms with Gasteiger partial charge in [-0.05, 0) is 79.8 Å². The van der Waals surface area contributed by atoms with Crippen LogP contribution in [0, 0.1) is 11.8 Å². The minimum absolute atomic E-state index is 0.000184. The zero-order valence-corrected chi connectivity index (χ0v) is 41.4. The largest absolute Gasteiger partial charge is 0.488 e. The second-order valence-electron chi connectivity index (χ2n) is 19.1. The fraction of sp³-hybridized carbons (Fsp3) is 0.400. The zero-order valence-electron chi connectivity index (χ0n) is 41.4. The van der Waals surface area contributed by atoms with Crippen LogP contribution < -0.4 is 36.6 Å². The molecule has 0 saturated carbocycles. The second-order valence-corrected chi connectivity index (χ2v) is 19.1. The van der Waals surface area contributed by atoms with Gasteiger partial charge < -0.3 is 41.4 Å². The van der Waals surface area contributed by atoms with E-state index < -0.39 is 101 Å². The van der Waals surface area contributed by atoms with Crippen LogP contribution in [0.3, 0.4) is 0 Å². The van der Waals surface area contributed by atoms with Gasteiger partial charge in [-0.1, -0.05) is 143 Å². The van der Waals surface area contributed by atoms with E-state index in [9.17, 15) is 33.6 Å². The Morgan fingerprint density at radius 1 is 0.614 bits per heavy atom. The molecule has 15 nitrogen and oxygen atoms in total. The van der Waals surface area contributed by atoms with E-state index in [1.807, 2.05) is 112 Å². The summed E-state index contributed by atoms with van der Waals surface area (Å²) in [5.41, 5.74) is 1.14. The highest BCUT2D eigenvalue weighted by molar-refractivity contribution is 5.98. The van der Waals surface area contributed by atoms with Gasteiger partial charge in [0.05, 0.1) is 13.5 Å². The topological polar surface area (TPSA) is 210 Å². The molecule has 0 unspecified atom stereocenters. The summed E-state index contributed by atoms with van der Waals surface area (Å²) in [4.78, 5) is 98.9. The van der Waals surface area contributed by atoms with Crippen LogP contribution >= 0.6 is 0 Å². The first kappa shape index (κ1) is 53.7. The molecule has 15 heteroatoms. The fourth-order valence-electron chi connectivity index (χ4n) is 8.22. The van der Waals surface area contributed by atoms with Crippen molar-refractivity contribution in [1.82, 2.24) is 31.9 Å². The first-order valence-electron chi connectivity index (χ1n) is 23.8. The van der Waals surface area contributed by atoms with Crippen LogP contribution in [0.4, 0.5) is 0 Å². The summed E-state index contributed by atoms with van der Waals surface area (Å²) in [6.07, 6.45) is 2.99. The van der Waals surface area contributed by atoms with Crippen LogP contribution in [0.15, 0.2) is 127 Å². The number of benzene rings is 4. The summed E-state index contributed by atoms with van der Waals surface area (Å²) in [6, 6.07) is 28.8. The number of amides is 6. The molecule has 0 aliphatic carbocycles. The maximum Gasteiger partial charge on any atom is 0.328 e. The molecular formula is C55H68N6O9. The molecule has 0 spiro atoms. The lowest BCUT2D eigenvalue weighted by atomic mass is 9.77. The highest BCUT2D eigenvalue weighted by Crippen LogP contribution is 2.37. The SMILES string of the molecule is COC(=O)[C@@H]1C/C=C/CCC(=O)N[C@@H](Cc2ccc(OC(C)(C)C)cc2)C(=O)N[C@@H](C(C)C)C(=O)N[C@@H](CC(=O)NC(c2ccccc2)(c2ccccc2)c2ccccc2)C(=O)N[C@@H](C(C)C)C(=O)N1. The van der Waals surface area contributed by atoms with E-state index >= 15 is 0 Å². The van der Waals surface area contributed by atoms with Gasteiger partial charge in [0.2, 0.25) is 35.4 Å². The molecule has 1 aliphatic heterocycles. The van der Waals surface area contributed by atoms with Crippen LogP contribution in [0.2, 0.25) is 0 Å². The number of esters is 1. The lowest BCUT2D eigenvalue weighted by molar-refractivity contribution is -0.145. The minimum Gasteiger partial charge on any atom is -0.488 e. The quantitative estimate of drug-likeness (QED) is 0.0597. The van der Waals surface area contributed by atoms with Crippen LogP contribution in [-0.4, -0.2) is 84.3 Å². The van der Waals surface area contributed by atoms with Gasteiger partial charge in [-0.15, -0.1) is 0 Å². The molecule has 372 valence electrons. The van der Waals surface area contributed by atoms with Gasteiger partial charge >= 0.3 is 5.97 Å². The molecule has 6 N–H and O–H groups in total. The molecule has 0 saturated heterocycles. The fourth-order valence-corrected chi connectivity index (χ4v) is 8.22. The molecule has 0 radical (unpaired) electrons. The van der Waals surface area contributed by atoms with Crippen molar-refractivity contribution in [2.24, 2.45) is 11.8 Å². The monoisotopic (exact) mass is 957 g/mol. The average molecular weight is 957 g/mol. The maximum absolute atomic E-state index is 14.8. The number of carbonyl (C=O) groups excluding carboxylic acids is 7. The van der Waals surface area contributed by atoms with Gasteiger partial charge in [0, 0.05) is 12.8 Å². The summed E-state index contributed by atoms with van der Waals surface area (Å²) >= 11 is 0. The van der Waals surface area contributed by atoms with E-state index in [1.54, 1.807) is 64.1 Å². The molecule has 6 amide bonds.